The van der Waals surface area contributed by atoms with Crippen LogP contribution in [0.4, 0.5) is 5.82 Å². The molecule has 0 radical (unpaired) electrons. The number of rotatable bonds is 9. The Hall–Kier alpha value is -2.12. The summed E-state index contributed by atoms with van der Waals surface area (Å²) in [6.07, 6.45) is 6.73. The fourth-order valence-electron chi connectivity index (χ4n) is 3.66. The predicted octanol–water partition coefficient (Wildman–Crippen LogP) is 4.10. The Morgan fingerprint density at radius 3 is 2.57 bits per heavy atom. The van der Waals surface area contributed by atoms with Gasteiger partial charge in [0.15, 0.2) is 0 Å². The maximum Gasteiger partial charge on any atom is 0.146 e. The molecule has 3 N–H and O–H groups in total. The van der Waals surface area contributed by atoms with Crippen molar-refractivity contribution in [3.63, 3.8) is 0 Å². The second-order valence-corrected chi connectivity index (χ2v) is 8.79. The summed E-state index contributed by atoms with van der Waals surface area (Å²) < 4.78 is 2.05. The van der Waals surface area contributed by atoms with Gasteiger partial charge in [-0.1, -0.05) is 12.8 Å². The number of aldehydes is 1. The van der Waals surface area contributed by atoms with Crippen molar-refractivity contribution in [1.29, 1.82) is 5.41 Å². The van der Waals surface area contributed by atoms with E-state index in [1.807, 2.05) is 31.3 Å². The fourth-order valence-corrected chi connectivity index (χ4v) is 3.89. The topological polar surface area (TPSA) is 81.1 Å². The van der Waals surface area contributed by atoms with Gasteiger partial charge < -0.3 is 16.0 Å². The number of nitrogens with zero attached hydrogens (tertiary/aromatic N) is 2. The van der Waals surface area contributed by atoms with E-state index in [0.717, 1.165) is 66.1 Å². The molecule has 30 heavy (non-hydrogen) atoms. The third-order valence-electron chi connectivity index (χ3n) is 5.48. The molecule has 0 atom stereocenters. The first-order chi connectivity index (χ1) is 14.3. The summed E-state index contributed by atoms with van der Waals surface area (Å²) >= 11 is 4.46. The smallest absolute Gasteiger partial charge is 0.146 e. The standard InChI is InChI=1S/C23H35N5OS/c1-15(2)26-23-21(13-24)19(11-20(14-29)16(3)10-17(4)25-5)12-22(27-23)18-6-8-28(30)9-7-18/h10,12-15,18,24-25,30H,6-9,11H2,1-5H3,(H,26,27)/b17-10-,20-16-,24-13?. The first kappa shape index (κ1) is 24.2. The average Bonchev–Trinajstić information content (AvgIpc) is 2.71. The van der Waals surface area contributed by atoms with Crippen LogP contribution in [-0.4, -0.2) is 48.0 Å². The van der Waals surface area contributed by atoms with Crippen molar-refractivity contribution in [2.75, 3.05) is 25.5 Å². The Bertz CT molecular complexity index is 823. The molecule has 7 heteroatoms. The molecule has 1 aliphatic rings. The van der Waals surface area contributed by atoms with E-state index in [2.05, 4.69) is 43.4 Å². The molecule has 164 valence electrons. The minimum absolute atomic E-state index is 0.197. The lowest BCUT2D eigenvalue weighted by Crippen LogP contribution is -2.26. The van der Waals surface area contributed by atoms with Crippen LogP contribution >= 0.6 is 12.8 Å². The van der Waals surface area contributed by atoms with Crippen LogP contribution in [0.3, 0.4) is 0 Å². The quantitative estimate of drug-likeness (QED) is 0.156. The molecule has 1 aliphatic heterocycles. The summed E-state index contributed by atoms with van der Waals surface area (Å²) in [5.74, 6) is 1.08. The third-order valence-corrected chi connectivity index (χ3v) is 5.88. The van der Waals surface area contributed by atoms with Crippen molar-refractivity contribution in [1.82, 2.24) is 14.6 Å². The van der Waals surface area contributed by atoms with Gasteiger partial charge in [-0.25, -0.2) is 4.98 Å². The number of piperidine rings is 1. The lowest BCUT2D eigenvalue weighted by atomic mass is 9.90. The van der Waals surface area contributed by atoms with Crippen LogP contribution in [0.1, 0.15) is 63.3 Å². The summed E-state index contributed by atoms with van der Waals surface area (Å²) in [6, 6.07) is 2.29. The van der Waals surface area contributed by atoms with Gasteiger partial charge in [-0.05, 0) is 69.4 Å². The number of pyridine rings is 1. The van der Waals surface area contributed by atoms with Gasteiger partial charge in [0.25, 0.3) is 0 Å². The molecule has 1 fully saturated rings. The Morgan fingerprint density at radius 2 is 2.03 bits per heavy atom. The Kier molecular flexibility index (Phi) is 9.11. The van der Waals surface area contributed by atoms with Crippen molar-refractivity contribution >= 4 is 31.1 Å². The molecule has 0 bridgehead atoms. The summed E-state index contributed by atoms with van der Waals surface area (Å²) in [6.45, 7) is 9.90. The number of allylic oxidation sites excluding steroid dienone is 4. The first-order valence-electron chi connectivity index (χ1n) is 10.5. The molecule has 0 spiro atoms. The second-order valence-electron chi connectivity index (χ2n) is 8.22. The average molecular weight is 430 g/mol. The lowest BCUT2D eigenvalue weighted by Gasteiger charge is -2.28. The number of hydrogen-bond donors (Lipinski definition) is 4. The summed E-state index contributed by atoms with van der Waals surface area (Å²) in [4.78, 5) is 16.8. The molecule has 0 unspecified atom stereocenters. The SMILES string of the molecule is CN/C(C)=C\C(C)=C(/C=O)Cc1cc(C2CCN(S)CC2)nc(NC(C)C)c1C=N. The Balaban J connectivity index is 2.52. The number of hydrogen-bond acceptors (Lipinski definition) is 7. The number of anilines is 1. The Labute approximate surface area is 186 Å². The highest BCUT2D eigenvalue weighted by Crippen LogP contribution is 2.31. The molecule has 6 nitrogen and oxygen atoms in total. The molecular weight excluding hydrogens is 394 g/mol. The van der Waals surface area contributed by atoms with E-state index < -0.39 is 0 Å². The van der Waals surface area contributed by atoms with E-state index in [0.29, 0.717) is 17.9 Å². The van der Waals surface area contributed by atoms with Gasteiger partial charge in [0.1, 0.15) is 12.1 Å². The zero-order chi connectivity index (χ0) is 22.3. The van der Waals surface area contributed by atoms with Crippen LogP contribution in [0, 0.1) is 5.41 Å². The summed E-state index contributed by atoms with van der Waals surface area (Å²) in [7, 11) is 1.86. The van der Waals surface area contributed by atoms with Gasteiger partial charge in [0.05, 0.1) is 0 Å². The van der Waals surface area contributed by atoms with E-state index in [1.165, 1.54) is 6.21 Å². The maximum atomic E-state index is 11.9. The van der Waals surface area contributed by atoms with Gasteiger partial charge in [-0.15, -0.1) is 0 Å². The third kappa shape index (κ3) is 6.44. The molecule has 0 saturated carbocycles. The number of aromatic nitrogens is 1. The lowest BCUT2D eigenvalue weighted by molar-refractivity contribution is -0.105. The monoisotopic (exact) mass is 429 g/mol. The number of nitrogens with one attached hydrogen (secondary N) is 3. The molecular formula is C23H35N5OS. The predicted molar refractivity (Wildman–Crippen MR) is 129 cm³/mol. The van der Waals surface area contributed by atoms with E-state index in [4.69, 9.17) is 10.4 Å². The van der Waals surface area contributed by atoms with Crippen LogP contribution in [0.15, 0.2) is 29.0 Å². The zero-order valence-electron chi connectivity index (χ0n) is 18.7. The number of carbonyl (C=O) groups is 1. The summed E-state index contributed by atoms with van der Waals surface area (Å²) in [5.41, 5.74) is 5.38. The molecule has 1 saturated heterocycles. The Morgan fingerprint density at radius 1 is 1.37 bits per heavy atom. The number of thiol groups is 1. The van der Waals surface area contributed by atoms with Gasteiger partial charge in [-0.3, -0.25) is 9.10 Å². The van der Waals surface area contributed by atoms with Gasteiger partial charge in [-0.2, -0.15) is 0 Å². The molecule has 0 amide bonds. The molecule has 2 heterocycles. The molecule has 1 aromatic heterocycles. The minimum atomic E-state index is 0.197. The van der Waals surface area contributed by atoms with Crippen LogP contribution in [0.2, 0.25) is 0 Å². The highest BCUT2D eigenvalue weighted by Gasteiger charge is 2.23. The largest absolute Gasteiger partial charge is 0.392 e. The minimum Gasteiger partial charge on any atom is -0.392 e. The van der Waals surface area contributed by atoms with Crippen molar-refractivity contribution in [3.8, 4) is 0 Å². The van der Waals surface area contributed by atoms with Crippen LogP contribution in [0.5, 0.6) is 0 Å². The van der Waals surface area contributed by atoms with E-state index in [-0.39, 0.29) is 6.04 Å². The van der Waals surface area contributed by atoms with Crippen LogP contribution in [0.25, 0.3) is 0 Å². The van der Waals surface area contributed by atoms with Crippen molar-refractivity contribution < 1.29 is 4.79 Å². The van der Waals surface area contributed by atoms with Crippen molar-refractivity contribution in [3.05, 3.63) is 45.8 Å². The second kappa shape index (κ2) is 11.3. The van der Waals surface area contributed by atoms with Crippen molar-refractivity contribution in [2.24, 2.45) is 0 Å². The molecule has 2 rings (SSSR count). The van der Waals surface area contributed by atoms with Crippen LogP contribution in [-0.2, 0) is 11.2 Å². The normalized spacial score (nSPS) is 17.0. The summed E-state index contributed by atoms with van der Waals surface area (Å²) in [5, 5.41) is 14.5. The highest BCUT2D eigenvalue weighted by molar-refractivity contribution is 7.77. The van der Waals surface area contributed by atoms with Crippen molar-refractivity contribution in [2.45, 2.75) is 58.9 Å². The first-order valence-corrected chi connectivity index (χ1v) is 10.9. The van der Waals surface area contributed by atoms with E-state index in [9.17, 15) is 4.79 Å². The zero-order valence-corrected chi connectivity index (χ0v) is 19.6. The fraction of sp³-hybridized carbons (Fsp3) is 0.522. The van der Waals surface area contributed by atoms with Gasteiger partial charge in [0.2, 0.25) is 0 Å². The number of carbonyl (C=O) groups excluding carboxylic acids is 1. The van der Waals surface area contributed by atoms with E-state index in [1.54, 1.807) is 0 Å². The molecule has 1 aromatic rings. The van der Waals surface area contributed by atoms with Crippen LogP contribution < -0.4 is 10.6 Å². The molecule has 0 aromatic carbocycles. The van der Waals surface area contributed by atoms with E-state index >= 15 is 0 Å². The van der Waals surface area contributed by atoms with Gasteiger partial charge >= 0.3 is 0 Å². The highest BCUT2D eigenvalue weighted by atomic mass is 32.1. The maximum absolute atomic E-state index is 11.9. The molecule has 0 aliphatic carbocycles. The van der Waals surface area contributed by atoms with Gasteiger partial charge in [0, 0.05) is 61.7 Å².